The first-order valence-corrected chi connectivity index (χ1v) is 5.66. The SMILES string of the molecule is C=C1N=CN=C(N(C)c2ccccc2)N1N(C)C. The van der Waals surface area contributed by atoms with E-state index < -0.39 is 0 Å². The van der Waals surface area contributed by atoms with Crippen LogP contribution in [0.5, 0.6) is 0 Å². The van der Waals surface area contributed by atoms with Gasteiger partial charge in [0.05, 0.1) is 0 Å². The Morgan fingerprint density at radius 2 is 1.78 bits per heavy atom. The van der Waals surface area contributed by atoms with Gasteiger partial charge < -0.3 is 4.90 Å². The van der Waals surface area contributed by atoms with Crippen molar-refractivity contribution >= 4 is 18.0 Å². The molecule has 1 aromatic rings. The highest BCUT2D eigenvalue weighted by Gasteiger charge is 2.23. The summed E-state index contributed by atoms with van der Waals surface area (Å²) in [5.74, 6) is 1.42. The Bertz CT molecular complexity index is 489. The van der Waals surface area contributed by atoms with Crippen molar-refractivity contribution in [1.82, 2.24) is 10.0 Å². The zero-order chi connectivity index (χ0) is 13.1. The van der Waals surface area contributed by atoms with Gasteiger partial charge in [0, 0.05) is 26.8 Å². The highest BCUT2D eigenvalue weighted by Crippen LogP contribution is 2.18. The first-order valence-electron chi connectivity index (χ1n) is 5.66. The molecule has 0 spiro atoms. The van der Waals surface area contributed by atoms with E-state index in [9.17, 15) is 0 Å². The summed E-state index contributed by atoms with van der Waals surface area (Å²) in [5.41, 5.74) is 1.06. The molecule has 0 atom stereocenters. The number of aliphatic imine (C=N–C) groups is 2. The largest absolute Gasteiger partial charge is 0.314 e. The number of para-hydroxylation sites is 1. The van der Waals surface area contributed by atoms with E-state index in [1.807, 2.05) is 66.4 Å². The summed E-state index contributed by atoms with van der Waals surface area (Å²) in [5, 5.41) is 3.75. The zero-order valence-corrected chi connectivity index (χ0v) is 10.9. The second kappa shape index (κ2) is 5.01. The van der Waals surface area contributed by atoms with Gasteiger partial charge in [-0.15, -0.1) is 0 Å². The number of benzene rings is 1. The molecule has 2 rings (SSSR count). The van der Waals surface area contributed by atoms with E-state index in [2.05, 4.69) is 16.6 Å². The topological polar surface area (TPSA) is 34.4 Å². The monoisotopic (exact) mass is 243 g/mol. The van der Waals surface area contributed by atoms with Gasteiger partial charge in [0.25, 0.3) is 0 Å². The highest BCUT2D eigenvalue weighted by atomic mass is 15.7. The lowest BCUT2D eigenvalue weighted by atomic mass is 10.3. The van der Waals surface area contributed by atoms with Crippen LogP contribution in [-0.4, -0.2) is 43.5 Å². The third-order valence-corrected chi connectivity index (χ3v) is 2.66. The van der Waals surface area contributed by atoms with Gasteiger partial charge in [-0.3, -0.25) is 0 Å². The predicted octanol–water partition coefficient (Wildman–Crippen LogP) is 1.77. The van der Waals surface area contributed by atoms with Crippen molar-refractivity contribution in [1.29, 1.82) is 0 Å². The minimum Gasteiger partial charge on any atom is -0.314 e. The zero-order valence-electron chi connectivity index (χ0n) is 10.9. The van der Waals surface area contributed by atoms with Gasteiger partial charge in [-0.1, -0.05) is 24.8 Å². The van der Waals surface area contributed by atoms with Gasteiger partial charge in [0.15, 0.2) is 0 Å². The highest BCUT2D eigenvalue weighted by molar-refractivity contribution is 6.01. The van der Waals surface area contributed by atoms with Crippen LogP contribution in [0.3, 0.4) is 0 Å². The van der Waals surface area contributed by atoms with E-state index in [4.69, 9.17) is 0 Å². The van der Waals surface area contributed by atoms with Gasteiger partial charge in [-0.05, 0) is 12.1 Å². The first kappa shape index (κ1) is 12.3. The Morgan fingerprint density at radius 1 is 1.11 bits per heavy atom. The fourth-order valence-electron chi connectivity index (χ4n) is 1.78. The third-order valence-electron chi connectivity index (χ3n) is 2.66. The average Bonchev–Trinajstić information content (AvgIpc) is 2.38. The standard InChI is InChI=1S/C13H17N5/c1-11-14-10-15-13(18(11)16(2)3)17(4)12-8-6-5-7-9-12/h5-10H,1H2,2-4H3. The molecule has 0 aliphatic carbocycles. The van der Waals surface area contributed by atoms with Crippen LogP contribution in [0, 0.1) is 0 Å². The van der Waals surface area contributed by atoms with Gasteiger partial charge >= 0.3 is 0 Å². The Hall–Kier alpha value is -2.14. The molecule has 1 heterocycles. The van der Waals surface area contributed by atoms with Crippen LogP contribution < -0.4 is 4.90 Å². The normalized spacial score (nSPS) is 15.0. The Balaban J connectivity index is 2.34. The summed E-state index contributed by atoms with van der Waals surface area (Å²) >= 11 is 0. The lowest BCUT2D eigenvalue weighted by Gasteiger charge is -2.36. The second-order valence-electron chi connectivity index (χ2n) is 4.14. The third kappa shape index (κ3) is 2.26. The molecule has 0 saturated carbocycles. The average molecular weight is 243 g/mol. The van der Waals surface area contributed by atoms with E-state index in [1.165, 1.54) is 6.34 Å². The number of rotatable bonds is 2. The fourth-order valence-corrected chi connectivity index (χ4v) is 1.78. The van der Waals surface area contributed by atoms with Crippen molar-refractivity contribution in [2.24, 2.45) is 9.98 Å². The molecular weight excluding hydrogens is 226 g/mol. The summed E-state index contributed by atoms with van der Waals surface area (Å²) < 4.78 is 0. The molecule has 5 heteroatoms. The maximum absolute atomic E-state index is 4.33. The van der Waals surface area contributed by atoms with Crippen molar-refractivity contribution in [3.8, 4) is 0 Å². The molecule has 94 valence electrons. The number of anilines is 1. The maximum Gasteiger partial charge on any atom is 0.228 e. The lowest BCUT2D eigenvalue weighted by Crippen LogP contribution is -2.49. The molecule has 0 aromatic heterocycles. The van der Waals surface area contributed by atoms with Crippen molar-refractivity contribution < 1.29 is 0 Å². The Morgan fingerprint density at radius 3 is 2.39 bits per heavy atom. The Kier molecular flexibility index (Phi) is 3.43. The second-order valence-corrected chi connectivity index (χ2v) is 4.14. The molecule has 0 radical (unpaired) electrons. The van der Waals surface area contributed by atoms with Crippen LogP contribution >= 0.6 is 0 Å². The van der Waals surface area contributed by atoms with Crippen molar-refractivity contribution in [3.05, 3.63) is 42.7 Å². The van der Waals surface area contributed by atoms with E-state index in [0.717, 1.165) is 11.6 Å². The van der Waals surface area contributed by atoms with Gasteiger partial charge in [-0.25, -0.2) is 20.0 Å². The van der Waals surface area contributed by atoms with E-state index in [-0.39, 0.29) is 0 Å². The predicted molar refractivity (Wildman–Crippen MR) is 75.4 cm³/mol. The first-order chi connectivity index (χ1) is 8.61. The van der Waals surface area contributed by atoms with E-state index in [1.54, 1.807) is 0 Å². The molecule has 0 fully saturated rings. The van der Waals surface area contributed by atoms with E-state index in [0.29, 0.717) is 5.82 Å². The minimum absolute atomic E-state index is 0.646. The van der Waals surface area contributed by atoms with Crippen molar-refractivity contribution in [2.75, 3.05) is 26.0 Å². The fraction of sp³-hybridized carbons (Fsp3) is 0.231. The molecular formula is C13H17N5. The van der Waals surface area contributed by atoms with Crippen molar-refractivity contribution in [2.45, 2.75) is 0 Å². The van der Waals surface area contributed by atoms with Gasteiger partial charge in [0.2, 0.25) is 5.96 Å². The molecule has 0 saturated heterocycles. The van der Waals surface area contributed by atoms with Gasteiger partial charge in [0.1, 0.15) is 12.2 Å². The quantitative estimate of drug-likeness (QED) is 0.794. The van der Waals surface area contributed by atoms with Crippen LogP contribution in [0.4, 0.5) is 5.69 Å². The molecule has 0 unspecified atom stereocenters. The molecule has 0 amide bonds. The summed E-state index contributed by atoms with van der Waals surface area (Å²) in [6.45, 7) is 3.92. The van der Waals surface area contributed by atoms with Crippen LogP contribution in [0.1, 0.15) is 0 Å². The van der Waals surface area contributed by atoms with Crippen LogP contribution in [0.2, 0.25) is 0 Å². The molecule has 0 N–H and O–H groups in total. The molecule has 1 aromatic carbocycles. The number of hydrazine groups is 1. The lowest BCUT2D eigenvalue weighted by molar-refractivity contribution is 0.148. The maximum atomic E-state index is 4.33. The number of guanidine groups is 1. The van der Waals surface area contributed by atoms with Crippen LogP contribution in [-0.2, 0) is 0 Å². The molecule has 18 heavy (non-hydrogen) atoms. The smallest absolute Gasteiger partial charge is 0.228 e. The Labute approximate surface area is 107 Å². The number of hydrogen-bond donors (Lipinski definition) is 0. The summed E-state index contributed by atoms with van der Waals surface area (Å²) in [6, 6.07) is 10.1. The molecule has 1 aliphatic heterocycles. The summed E-state index contributed by atoms with van der Waals surface area (Å²) in [4.78, 5) is 10.4. The van der Waals surface area contributed by atoms with Crippen LogP contribution in [0.25, 0.3) is 0 Å². The minimum atomic E-state index is 0.646. The molecule has 5 nitrogen and oxygen atoms in total. The van der Waals surface area contributed by atoms with Crippen LogP contribution in [0.15, 0.2) is 52.7 Å². The number of hydrogen-bond acceptors (Lipinski definition) is 5. The molecule has 0 bridgehead atoms. The van der Waals surface area contributed by atoms with Gasteiger partial charge in [-0.2, -0.15) is 0 Å². The molecule has 1 aliphatic rings. The summed E-state index contributed by atoms with van der Waals surface area (Å²) in [6.07, 6.45) is 1.52. The number of nitrogens with zero attached hydrogens (tertiary/aromatic N) is 5. The van der Waals surface area contributed by atoms with Crippen molar-refractivity contribution in [3.63, 3.8) is 0 Å². The van der Waals surface area contributed by atoms with E-state index >= 15 is 0 Å². The summed E-state index contributed by atoms with van der Waals surface area (Å²) in [7, 11) is 5.83.